The molecule has 214 valence electrons. The van der Waals surface area contributed by atoms with Gasteiger partial charge in [0.05, 0.1) is 16.6 Å². The van der Waals surface area contributed by atoms with Gasteiger partial charge < -0.3 is 20.5 Å². The van der Waals surface area contributed by atoms with E-state index >= 15 is 0 Å². The maximum atomic E-state index is 13.3. The number of amides is 3. The van der Waals surface area contributed by atoms with Crippen LogP contribution in [-0.4, -0.2) is 22.3 Å². The van der Waals surface area contributed by atoms with Crippen LogP contribution in [0.3, 0.4) is 0 Å². The third kappa shape index (κ3) is 6.16. The second-order valence-electron chi connectivity index (χ2n) is 10.8. The molecule has 42 heavy (non-hydrogen) atoms. The predicted molar refractivity (Wildman–Crippen MR) is 169 cm³/mol. The molecule has 0 saturated carbocycles. The Balaban J connectivity index is 1.30. The van der Waals surface area contributed by atoms with E-state index in [1.165, 1.54) is 0 Å². The van der Waals surface area contributed by atoms with Crippen molar-refractivity contribution in [2.24, 2.45) is 13.0 Å². The second kappa shape index (κ2) is 12.1. The number of aryl methyl sites for hydroxylation is 1. The van der Waals surface area contributed by atoms with Gasteiger partial charge in [-0.05, 0) is 71.3 Å². The van der Waals surface area contributed by atoms with Crippen molar-refractivity contribution < 1.29 is 14.4 Å². The molecule has 0 bridgehead atoms. The number of benzene rings is 4. The highest BCUT2D eigenvalue weighted by Gasteiger charge is 2.18. The Bertz CT molecular complexity index is 1830. The summed E-state index contributed by atoms with van der Waals surface area (Å²) in [6.07, 6.45) is 0. The molecule has 1 aromatic heterocycles. The molecule has 0 saturated heterocycles. The summed E-state index contributed by atoms with van der Waals surface area (Å²) in [6.45, 7) is 5.91. The zero-order valence-electron chi connectivity index (χ0n) is 24.0. The lowest BCUT2D eigenvalue weighted by atomic mass is 10.0. The summed E-state index contributed by atoms with van der Waals surface area (Å²) in [5.74, 6) is -0.751. The van der Waals surface area contributed by atoms with Crippen molar-refractivity contribution in [2.45, 2.75) is 33.4 Å². The number of rotatable bonds is 8. The van der Waals surface area contributed by atoms with Crippen molar-refractivity contribution in [1.82, 2.24) is 15.2 Å². The molecule has 0 aliphatic rings. The van der Waals surface area contributed by atoms with Crippen LogP contribution in [0.4, 0.5) is 5.69 Å². The van der Waals surface area contributed by atoms with E-state index in [1.54, 1.807) is 24.3 Å². The lowest BCUT2D eigenvalue weighted by molar-refractivity contribution is -0.124. The minimum Gasteiger partial charge on any atom is -0.352 e. The average Bonchev–Trinajstić information content (AvgIpc) is 3.31. The fraction of sp³-hybridized carbons (Fsp3) is 0.206. The van der Waals surface area contributed by atoms with Crippen molar-refractivity contribution in [3.63, 3.8) is 0 Å². The van der Waals surface area contributed by atoms with Gasteiger partial charge in [-0.1, -0.05) is 67.9 Å². The Labute approximate surface area is 249 Å². The van der Waals surface area contributed by atoms with Crippen molar-refractivity contribution in [3.8, 4) is 0 Å². The molecule has 1 unspecified atom stereocenters. The molecule has 8 heteroatoms. The number of carbonyl (C=O) groups excluding carboxylic acids is 3. The van der Waals surface area contributed by atoms with E-state index in [0.717, 1.165) is 32.8 Å². The van der Waals surface area contributed by atoms with E-state index in [0.29, 0.717) is 28.5 Å². The Morgan fingerprint density at radius 3 is 2.33 bits per heavy atom. The lowest BCUT2D eigenvalue weighted by Gasteiger charge is -2.15. The maximum Gasteiger partial charge on any atom is 0.268 e. The SMILES string of the molecule is CC(C)C(=O)NCc1ccc(Cl)c(C(=O)Nc2ccc3c(c2)cc(C(=O)NC(C)c2ccc4ccccc4c2)n3C)c1. The molecule has 1 heterocycles. The van der Waals surface area contributed by atoms with E-state index in [-0.39, 0.29) is 29.7 Å². The third-order valence-corrected chi connectivity index (χ3v) is 7.75. The minimum atomic E-state index is -0.366. The summed E-state index contributed by atoms with van der Waals surface area (Å²) in [5.41, 5.74) is 4.05. The number of aromatic nitrogens is 1. The molecule has 5 aromatic rings. The van der Waals surface area contributed by atoms with Gasteiger partial charge in [-0.3, -0.25) is 14.4 Å². The van der Waals surface area contributed by atoms with Gasteiger partial charge in [0.15, 0.2) is 0 Å². The van der Waals surface area contributed by atoms with Crippen LogP contribution in [0.5, 0.6) is 0 Å². The summed E-state index contributed by atoms with van der Waals surface area (Å²) in [5, 5.41) is 12.3. The molecule has 3 N–H and O–H groups in total. The molecule has 0 spiro atoms. The number of anilines is 1. The molecule has 0 radical (unpaired) electrons. The van der Waals surface area contributed by atoms with Crippen molar-refractivity contribution >= 4 is 56.7 Å². The van der Waals surface area contributed by atoms with Gasteiger partial charge in [0.1, 0.15) is 5.69 Å². The number of hydrogen-bond donors (Lipinski definition) is 3. The molecule has 0 fully saturated rings. The monoisotopic (exact) mass is 580 g/mol. The van der Waals surface area contributed by atoms with E-state index in [9.17, 15) is 14.4 Å². The normalized spacial score (nSPS) is 12.0. The zero-order valence-corrected chi connectivity index (χ0v) is 24.8. The fourth-order valence-electron chi connectivity index (χ4n) is 4.92. The van der Waals surface area contributed by atoms with Gasteiger partial charge in [0.2, 0.25) is 5.91 Å². The number of nitrogens with one attached hydrogen (secondary N) is 3. The van der Waals surface area contributed by atoms with Crippen LogP contribution in [-0.2, 0) is 18.4 Å². The Hall–Kier alpha value is -4.62. The molecular formula is C34H33ClN4O3. The lowest BCUT2D eigenvalue weighted by Crippen LogP contribution is -2.28. The first-order valence-corrected chi connectivity index (χ1v) is 14.2. The molecule has 5 rings (SSSR count). The average molecular weight is 581 g/mol. The van der Waals surface area contributed by atoms with Crippen molar-refractivity contribution in [3.05, 3.63) is 112 Å². The molecule has 7 nitrogen and oxygen atoms in total. The summed E-state index contributed by atoms with van der Waals surface area (Å²) in [7, 11) is 1.85. The topological polar surface area (TPSA) is 92.2 Å². The molecule has 0 aliphatic heterocycles. The van der Waals surface area contributed by atoms with Crippen LogP contribution in [0.2, 0.25) is 5.02 Å². The molecule has 1 atom stereocenters. The number of halogens is 1. The van der Waals surface area contributed by atoms with Gasteiger partial charge in [-0.15, -0.1) is 0 Å². The highest BCUT2D eigenvalue weighted by atomic mass is 35.5. The van der Waals surface area contributed by atoms with Crippen LogP contribution in [0.15, 0.2) is 84.9 Å². The van der Waals surface area contributed by atoms with Crippen LogP contribution in [0.25, 0.3) is 21.7 Å². The van der Waals surface area contributed by atoms with Gasteiger partial charge in [-0.25, -0.2) is 0 Å². The van der Waals surface area contributed by atoms with Gasteiger partial charge in [0.25, 0.3) is 11.8 Å². The van der Waals surface area contributed by atoms with Crippen LogP contribution >= 0.6 is 11.6 Å². The number of nitrogens with zero attached hydrogens (tertiary/aromatic N) is 1. The highest BCUT2D eigenvalue weighted by molar-refractivity contribution is 6.34. The summed E-state index contributed by atoms with van der Waals surface area (Å²) < 4.78 is 1.84. The van der Waals surface area contributed by atoms with E-state index in [2.05, 4.69) is 40.2 Å². The van der Waals surface area contributed by atoms with E-state index in [4.69, 9.17) is 11.6 Å². The fourth-order valence-corrected chi connectivity index (χ4v) is 5.13. The quantitative estimate of drug-likeness (QED) is 0.184. The number of fused-ring (bicyclic) bond motifs is 2. The molecule has 3 amide bonds. The summed E-state index contributed by atoms with van der Waals surface area (Å²) >= 11 is 6.34. The van der Waals surface area contributed by atoms with Crippen LogP contribution in [0.1, 0.15) is 58.8 Å². The smallest absolute Gasteiger partial charge is 0.268 e. The molecule has 4 aromatic carbocycles. The van der Waals surface area contributed by atoms with E-state index in [1.807, 2.05) is 68.8 Å². The second-order valence-corrected chi connectivity index (χ2v) is 11.2. The minimum absolute atomic E-state index is 0.0664. The Morgan fingerprint density at radius 1 is 0.810 bits per heavy atom. The Kier molecular flexibility index (Phi) is 8.31. The molecular weight excluding hydrogens is 548 g/mol. The predicted octanol–water partition coefficient (Wildman–Crippen LogP) is 7.00. The van der Waals surface area contributed by atoms with Crippen LogP contribution in [0, 0.1) is 5.92 Å². The summed E-state index contributed by atoms with van der Waals surface area (Å²) in [6, 6.07) is 26.6. The first kappa shape index (κ1) is 28.9. The largest absolute Gasteiger partial charge is 0.352 e. The first-order valence-electron chi connectivity index (χ1n) is 13.9. The number of carbonyl (C=O) groups is 3. The van der Waals surface area contributed by atoms with Crippen molar-refractivity contribution in [2.75, 3.05) is 5.32 Å². The highest BCUT2D eigenvalue weighted by Crippen LogP contribution is 2.26. The summed E-state index contributed by atoms with van der Waals surface area (Å²) in [4.78, 5) is 38.4. The maximum absolute atomic E-state index is 13.3. The van der Waals surface area contributed by atoms with Gasteiger partial charge in [-0.2, -0.15) is 0 Å². The van der Waals surface area contributed by atoms with Gasteiger partial charge in [0, 0.05) is 36.1 Å². The number of hydrogen-bond acceptors (Lipinski definition) is 3. The Morgan fingerprint density at radius 2 is 1.57 bits per heavy atom. The van der Waals surface area contributed by atoms with Crippen LogP contribution < -0.4 is 16.0 Å². The standard InChI is InChI=1S/C34H33ClN4O3/c1-20(2)32(40)36-19-22-9-13-29(35)28(15-22)33(41)38-27-12-14-30-26(17-27)18-31(39(30)4)34(42)37-21(3)24-11-10-23-7-5-6-8-25(23)16-24/h5-18,20-21H,19H2,1-4H3,(H,36,40)(H,37,42)(H,38,41). The first-order chi connectivity index (χ1) is 20.1. The third-order valence-electron chi connectivity index (χ3n) is 7.42. The van der Waals surface area contributed by atoms with Crippen molar-refractivity contribution in [1.29, 1.82) is 0 Å². The van der Waals surface area contributed by atoms with E-state index < -0.39 is 0 Å². The molecule has 0 aliphatic carbocycles. The van der Waals surface area contributed by atoms with Gasteiger partial charge >= 0.3 is 0 Å². The zero-order chi connectivity index (χ0) is 30.0.